The molecule has 2 fully saturated rings. The molecule has 2 saturated heterocycles. The number of carboxylic acid groups (broad SMARTS) is 1. The number of hydrogen-bond donors (Lipinski definition) is 2. The number of aliphatic carboxylic acids is 1. The van der Waals surface area contributed by atoms with Gasteiger partial charge in [0.25, 0.3) is 0 Å². The summed E-state index contributed by atoms with van der Waals surface area (Å²) in [6, 6.07) is 1.74. The third-order valence-corrected chi connectivity index (χ3v) is 5.98. The molecule has 142 valence electrons. The van der Waals surface area contributed by atoms with Crippen LogP contribution in [0.25, 0.3) is 0 Å². The average Bonchev–Trinajstić information content (AvgIpc) is 3.29. The largest absolute Gasteiger partial charge is 0.481 e. The molecule has 3 heterocycles. The molecule has 26 heavy (non-hydrogen) atoms. The van der Waals surface area contributed by atoms with Crippen molar-refractivity contribution in [1.29, 1.82) is 0 Å². The molecule has 1 aromatic rings. The zero-order valence-corrected chi connectivity index (χ0v) is 15.6. The molecule has 0 unspecified atom stereocenters. The van der Waals surface area contributed by atoms with Crippen molar-refractivity contribution in [1.82, 2.24) is 0 Å². The van der Waals surface area contributed by atoms with Crippen LogP contribution >= 0.6 is 11.3 Å². The Morgan fingerprint density at radius 2 is 1.96 bits per heavy atom. The first kappa shape index (κ1) is 18.8. The quantitative estimate of drug-likeness (QED) is 0.704. The third kappa shape index (κ3) is 3.48. The number of carbonyl (C=O) groups is 3. The first-order valence-corrected chi connectivity index (χ1v) is 9.76. The minimum absolute atomic E-state index is 0.243. The van der Waals surface area contributed by atoms with E-state index in [4.69, 9.17) is 9.47 Å². The molecule has 0 aliphatic carbocycles. The van der Waals surface area contributed by atoms with Crippen molar-refractivity contribution in [3.63, 3.8) is 0 Å². The van der Waals surface area contributed by atoms with E-state index in [9.17, 15) is 19.5 Å². The highest BCUT2D eigenvalue weighted by Gasteiger charge is 2.55. The lowest BCUT2D eigenvalue weighted by atomic mass is 9.79. The second kappa shape index (κ2) is 7.75. The van der Waals surface area contributed by atoms with Crippen LogP contribution in [0.1, 0.15) is 48.3 Å². The monoisotopic (exact) mass is 381 g/mol. The van der Waals surface area contributed by atoms with Gasteiger partial charge in [-0.25, -0.2) is 4.79 Å². The Balaban J connectivity index is 1.82. The van der Waals surface area contributed by atoms with Gasteiger partial charge in [0.15, 0.2) is 0 Å². The first-order valence-electron chi connectivity index (χ1n) is 8.95. The SMILES string of the molecule is CCCc1cc(C(=O)OCC)c(NC(=O)[C@@H]2[C@@H](C(=O)O)[C@H]3CC[C@H]2O3)s1. The number of ether oxygens (including phenoxy) is 2. The van der Waals surface area contributed by atoms with Crippen LogP contribution in [0.5, 0.6) is 0 Å². The van der Waals surface area contributed by atoms with Gasteiger partial charge in [-0.3, -0.25) is 9.59 Å². The van der Waals surface area contributed by atoms with E-state index >= 15 is 0 Å². The molecule has 2 N–H and O–H groups in total. The summed E-state index contributed by atoms with van der Waals surface area (Å²) in [5, 5.41) is 12.7. The maximum Gasteiger partial charge on any atom is 0.341 e. The minimum atomic E-state index is -1.01. The first-order chi connectivity index (χ1) is 12.5. The average molecular weight is 381 g/mol. The van der Waals surface area contributed by atoms with Gasteiger partial charge in [0.2, 0.25) is 5.91 Å². The second-order valence-electron chi connectivity index (χ2n) is 6.60. The molecule has 2 aliphatic rings. The number of carboxylic acids is 1. The number of amides is 1. The van der Waals surface area contributed by atoms with Crippen molar-refractivity contribution >= 4 is 34.2 Å². The lowest BCUT2D eigenvalue weighted by Crippen LogP contribution is -2.41. The van der Waals surface area contributed by atoms with E-state index < -0.39 is 35.8 Å². The lowest BCUT2D eigenvalue weighted by Gasteiger charge is -2.23. The van der Waals surface area contributed by atoms with Gasteiger partial charge in [0.1, 0.15) is 5.00 Å². The number of nitrogens with one attached hydrogen (secondary N) is 1. The molecule has 8 heteroatoms. The topological polar surface area (TPSA) is 102 Å². The van der Waals surface area contributed by atoms with E-state index in [0.29, 0.717) is 23.4 Å². The van der Waals surface area contributed by atoms with Crippen molar-refractivity contribution in [2.75, 3.05) is 11.9 Å². The number of hydrogen-bond acceptors (Lipinski definition) is 6. The van der Waals surface area contributed by atoms with Gasteiger partial charge in [0.05, 0.1) is 36.2 Å². The number of anilines is 1. The zero-order chi connectivity index (χ0) is 18.8. The van der Waals surface area contributed by atoms with Gasteiger partial charge in [-0.2, -0.15) is 0 Å². The summed E-state index contributed by atoms with van der Waals surface area (Å²) in [6.07, 6.45) is 2.28. The number of thiophene rings is 1. The Labute approximate surface area is 155 Å². The summed E-state index contributed by atoms with van der Waals surface area (Å²) in [7, 11) is 0. The van der Waals surface area contributed by atoms with Crippen LogP contribution in [0, 0.1) is 11.8 Å². The van der Waals surface area contributed by atoms with Crippen LogP contribution in [0.4, 0.5) is 5.00 Å². The molecule has 4 atom stereocenters. The molecule has 1 aromatic heterocycles. The minimum Gasteiger partial charge on any atom is -0.481 e. The Bertz CT molecular complexity index is 715. The molecule has 2 bridgehead atoms. The molecule has 0 aromatic carbocycles. The van der Waals surface area contributed by atoms with E-state index in [1.807, 2.05) is 6.92 Å². The predicted octanol–water partition coefficient (Wildman–Crippen LogP) is 2.69. The molecular weight excluding hydrogens is 358 g/mol. The van der Waals surface area contributed by atoms with E-state index in [0.717, 1.165) is 17.7 Å². The Morgan fingerprint density at radius 3 is 2.58 bits per heavy atom. The van der Waals surface area contributed by atoms with Gasteiger partial charge in [-0.05, 0) is 32.3 Å². The fourth-order valence-electron chi connectivity index (χ4n) is 3.78. The number of rotatable bonds is 7. The van der Waals surface area contributed by atoms with Crippen LogP contribution in [0.15, 0.2) is 6.07 Å². The van der Waals surface area contributed by atoms with Crippen molar-refractivity contribution in [2.45, 2.75) is 51.7 Å². The van der Waals surface area contributed by atoms with Gasteiger partial charge in [-0.1, -0.05) is 13.3 Å². The lowest BCUT2D eigenvalue weighted by molar-refractivity contribution is -0.147. The highest BCUT2D eigenvalue weighted by molar-refractivity contribution is 7.16. The Kier molecular flexibility index (Phi) is 5.62. The number of carbonyl (C=O) groups excluding carboxylic acids is 2. The maximum absolute atomic E-state index is 12.8. The summed E-state index contributed by atoms with van der Waals surface area (Å²) in [5.74, 6) is -3.48. The third-order valence-electron chi connectivity index (χ3n) is 4.87. The maximum atomic E-state index is 12.8. The number of aryl methyl sites for hydroxylation is 1. The summed E-state index contributed by atoms with van der Waals surface area (Å²) in [5.41, 5.74) is 0.324. The van der Waals surface area contributed by atoms with E-state index in [1.165, 1.54) is 11.3 Å². The van der Waals surface area contributed by atoms with Crippen LogP contribution < -0.4 is 5.32 Å². The molecule has 0 spiro atoms. The Morgan fingerprint density at radius 1 is 1.27 bits per heavy atom. The molecule has 3 rings (SSSR count). The number of fused-ring (bicyclic) bond motifs is 2. The zero-order valence-electron chi connectivity index (χ0n) is 14.8. The number of esters is 1. The fourth-order valence-corrected chi connectivity index (χ4v) is 4.93. The summed E-state index contributed by atoms with van der Waals surface area (Å²) >= 11 is 1.33. The molecule has 1 amide bonds. The summed E-state index contributed by atoms with van der Waals surface area (Å²) < 4.78 is 10.7. The van der Waals surface area contributed by atoms with Gasteiger partial charge in [0, 0.05) is 4.88 Å². The van der Waals surface area contributed by atoms with Crippen LogP contribution in [0.3, 0.4) is 0 Å². The van der Waals surface area contributed by atoms with Gasteiger partial charge >= 0.3 is 11.9 Å². The van der Waals surface area contributed by atoms with Crippen molar-refractivity contribution in [2.24, 2.45) is 11.8 Å². The van der Waals surface area contributed by atoms with Crippen LogP contribution in [-0.4, -0.2) is 41.8 Å². The molecule has 7 nitrogen and oxygen atoms in total. The predicted molar refractivity (Wildman–Crippen MR) is 95.4 cm³/mol. The summed E-state index contributed by atoms with van der Waals surface area (Å²) in [6.45, 7) is 4.00. The molecule has 2 aliphatic heterocycles. The van der Waals surface area contributed by atoms with Crippen molar-refractivity contribution < 1.29 is 29.0 Å². The van der Waals surface area contributed by atoms with Crippen molar-refractivity contribution in [3.05, 3.63) is 16.5 Å². The molecule has 0 saturated carbocycles. The molecular formula is C18H23NO6S. The fraction of sp³-hybridized carbons (Fsp3) is 0.611. The van der Waals surface area contributed by atoms with Crippen molar-refractivity contribution in [3.8, 4) is 0 Å². The van der Waals surface area contributed by atoms with Crippen LogP contribution in [0.2, 0.25) is 0 Å². The smallest absolute Gasteiger partial charge is 0.341 e. The highest BCUT2D eigenvalue weighted by atomic mass is 32.1. The normalized spacial score (nSPS) is 26.7. The summed E-state index contributed by atoms with van der Waals surface area (Å²) in [4.78, 5) is 37.6. The standard InChI is InChI=1S/C18H23NO6S/c1-3-5-9-8-10(18(23)24-4-2)16(26-9)19-15(20)13-11-6-7-12(25-11)14(13)17(21)22/h8,11-14H,3-7H2,1-2H3,(H,19,20)(H,21,22)/t11-,12-,13+,14+/m1/s1. The van der Waals surface area contributed by atoms with E-state index in [-0.39, 0.29) is 12.7 Å². The van der Waals surface area contributed by atoms with Crippen LogP contribution in [-0.2, 0) is 25.5 Å². The molecule has 0 radical (unpaired) electrons. The van der Waals surface area contributed by atoms with E-state index in [2.05, 4.69) is 5.32 Å². The van der Waals surface area contributed by atoms with E-state index in [1.54, 1.807) is 13.0 Å². The highest BCUT2D eigenvalue weighted by Crippen LogP contribution is 2.44. The van der Waals surface area contributed by atoms with Gasteiger partial charge < -0.3 is 19.9 Å². The second-order valence-corrected chi connectivity index (χ2v) is 7.73. The van der Waals surface area contributed by atoms with Gasteiger partial charge in [-0.15, -0.1) is 11.3 Å². The Hall–Kier alpha value is -1.93.